The van der Waals surface area contributed by atoms with Crippen molar-refractivity contribution < 1.29 is 14.3 Å². The van der Waals surface area contributed by atoms with Gasteiger partial charge < -0.3 is 14.5 Å². The number of likely N-dealkylation sites (N-methyl/N-ethyl adjacent to an activating group) is 1. The molecule has 1 spiro atoms. The van der Waals surface area contributed by atoms with Gasteiger partial charge in [-0.05, 0) is 26.7 Å². The Bertz CT molecular complexity index is 611. The third kappa shape index (κ3) is 3.13. The Labute approximate surface area is 142 Å². The second-order valence-electron chi connectivity index (χ2n) is 6.49. The second-order valence-corrected chi connectivity index (χ2v) is 6.49. The van der Waals surface area contributed by atoms with E-state index in [2.05, 4.69) is 9.97 Å². The van der Waals surface area contributed by atoms with Crippen LogP contribution in [0.4, 0.5) is 0 Å². The molecule has 0 aromatic carbocycles. The Balaban J connectivity index is 1.87. The second kappa shape index (κ2) is 6.84. The molecule has 2 aliphatic rings. The maximum absolute atomic E-state index is 12.9. The van der Waals surface area contributed by atoms with Crippen LogP contribution in [0.2, 0.25) is 0 Å². The molecule has 0 unspecified atom stereocenters. The van der Waals surface area contributed by atoms with E-state index in [0.29, 0.717) is 45.0 Å². The fourth-order valence-corrected chi connectivity index (χ4v) is 3.68. The van der Waals surface area contributed by atoms with Gasteiger partial charge in [-0.25, -0.2) is 4.98 Å². The van der Waals surface area contributed by atoms with Gasteiger partial charge in [0.25, 0.3) is 5.91 Å². The molecule has 1 aromatic rings. The summed E-state index contributed by atoms with van der Waals surface area (Å²) in [5.74, 6) is -0.0381. The van der Waals surface area contributed by atoms with Gasteiger partial charge in [-0.2, -0.15) is 0 Å². The van der Waals surface area contributed by atoms with Gasteiger partial charge in [-0.15, -0.1) is 0 Å². The van der Waals surface area contributed by atoms with Crippen LogP contribution in [0.5, 0.6) is 0 Å². The minimum absolute atomic E-state index is 0.115. The lowest BCUT2D eigenvalue weighted by atomic mass is 9.87. The summed E-state index contributed by atoms with van der Waals surface area (Å²) in [6.07, 6.45) is 4.98. The highest BCUT2D eigenvalue weighted by molar-refractivity contribution is 5.92. The number of hydrogen-bond acceptors (Lipinski definition) is 5. The first-order valence-corrected chi connectivity index (χ1v) is 8.52. The van der Waals surface area contributed by atoms with Crippen LogP contribution in [-0.4, -0.2) is 70.0 Å². The molecule has 2 fully saturated rings. The van der Waals surface area contributed by atoms with Crippen LogP contribution in [0.25, 0.3) is 0 Å². The van der Waals surface area contributed by atoms with Crippen molar-refractivity contribution in [3.63, 3.8) is 0 Å². The van der Waals surface area contributed by atoms with E-state index in [1.807, 2.05) is 18.7 Å². The highest BCUT2D eigenvalue weighted by atomic mass is 16.5. The molecule has 1 aromatic heterocycles. The average molecular weight is 332 g/mol. The molecular formula is C17H24N4O3. The van der Waals surface area contributed by atoms with Crippen molar-refractivity contribution in [3.8, 4) is 0 Å². The third-order valence-electron chi connectivity index (χ3n) is 4.98. The molecule has 0 radical (unpaired) electrons. The maximum Gasteiger partial charge on any atom is 0.274 e. The van der Waals surface area contributed by atoms with Gasteiger partial charge in [0.1, 0.15) is 5.69 Å². The largest absolute Gasteiger partial charge is 0.381 e. The summed E-state index contributed by atoms with van der Waals surface area (Å²) in [5, 5.41) is 0. The molecule has 7 heteroatoms. The Morgan fingerprint density at radius 3 is 2.67 bits per heavy atom. The third-order valence-corrected chi connectivity index (χ3v) is 4.98. The van der Waals surface area contributed by atoms with Crippen LogP contribution in [0.1, 0.15) is 42.4 Å². The predicted octanol–water partition coefficient (Wildman–Crippen LogP) is 1.03. The fourth-order valence-electron chi connectivity index (χ4n) is 3.68. The molecule has 0 N–H and O–H groups in total. The highest BCUT2D eigenvalue weighted by Crippen LogP contribution is 2.32. The minimum Gasteiger partial charge on any atom is -0.381 e. The number of nitrogens with zero attached hydrogens (tertiary/aromatic N) is 4. The van der Waals surface area contributed by atoms with E-state index in [1.54, 1.807) is 11.1 Å². The number of aryl methyl sites for hydroxylation is 1. The van der Waals surface area contributed by atoms with Crippen LogP contribution in [0.15, 0.2) is 12.4 Å². The normalized spacial score (nSPS) is 21.0. The zero-order valence-corrected chi connectivity index (χ0v) is 14.3. The van der Waals surface area contributed by atoms with E-state index in [4.69, 9.17) is 4.74 Å². The molecular weight excluding hydrogens is 308 g/mol. The van der Waals surface area contributed by atoms with E-state index in [0.717, 1.165) is 18.5 Å². The molecule has 24 heavy (non-hydrogen) atoms. The molecule has 0 saturated carbocycles. The topological polar surface area (TPSA) is 75.6 Å². The van der Waals surface area contributed by atoms with Gasteiger partial charge in [-0.3, -0.25) is 14.6 Å². The lowest BCUT2D eigenvalue weighted by Gasteiger charge is -2.46. The molecule has 0 bridgehead atoms. The van der Waals surface area contributed by atoms with Crippen molar-refractivity contribution >= 4 is 11.8 Å². The standard InChI is InChI=1S/C17H24N4O3/c1-3-21-15(22)4-7-20(12-17(21)5-8-24-9-6-17)16(23)14-11-18-13(2)10-19-14/h10-11H,3-9,12H2,1-2H3. The lowest BCUT2D eigenvalue weighted by Crippen LogP contribution is -2.58. The summed E-state index contributed by atoms with van der Waals surface area (Å²) < 4.78 is 5.50. The summed E-state index contributed by atoms with van der Waals surface area (Å²) >= 11 is 0. The van der Waals surface area contributed by atoms with Gasteiger partial charge in [0.05, 0.1) is 17.4 Å². The number of carbonyl (C=O) groups excluding carboxylic acids is 2. The van der Waals surface area contributed by atoms with Crippen LogP contribution in [0, 0.1) is 6.92 Å². The lowest BCUT2D eigenvalue weighted by molar-refractivity contribution is -0.139. The quantitative estimate of drug-likeness (QED) is 0.808. The molecule has 0 atom stereocenters. The highest BCUT2D eigenvalue weighted by Gasteiger charge is 2.44. The van der Waals surface area contributed by atoms with Crippen LogP contribution < -0.4 is 0 Å². The van der Waals surface area contributed by atoms with E-state index in [9.17, 15) is 9.59 Å². The van der Waals surface area contributed by atoms with Crippen molar-refractivity contribution in [3.05, 3.63) is 23.8 Å². The molecule has 2 amide bonds. The Hall–Kier alpha value is -2.02. The van der Waals surface area contributed by atoms with Gasteiger partial charge in [0.2, 0.25) is 5.91 Å². The summed E-state index contributed by atoms with van der Waals surface area (Å²) in [6, 6.07) is 0. The number of amides is 2. The Morgan fingerprint density at radius 1 is 1.29 bits per heavy atom. The van der Waals surface area contributed by atoms with E-state index < -0.39 is 0 Å². The monoisotopic (exact) mass is 332 g/mol. The molecule has 7 nitrogen and oxygen atoms in total. The first kappa shape index (κ1) is 16.8. The van der Waals surface area contributed by atoms with E-state index >= 15 is 0 Å². The maximum atomic E-state index is 12.9. The first-order valence-electron chi connectivity index (χ1n) is 8.52. The predicted molar refractivity (Wildman–Crippen MR) is 87.5 cm³/mol. The Kier molecular flexibility index (Phi) is 4.80. The number of aromatic nitrogens is 2. The van der Waals surface area contributed by atoms with Crippen LogP contribution in [0.3, 0.4) is 0 Å². The van der Waals surface area contributed by atoms with Crippen LogP contribution in [-0.2, 0) is 9.53 Å². The zero-order valence-electron chi connectivity index (χ0n) is 14.3. The number of ether oxygens (including phenoxy) is 1. The van der Waals surface area contributed by atoms with Crippen molar-refractivity contribution in [2.45, 2.75) is 38.6 Å². The first-order chi connectivity index (χ1) is 11.6. The Morgan fingerprint density at radius 2 is 2.04 bits per heavy atom. The van der Waals surface area contributed by atoms with Gasteiger partial charge in [0.15, 0.2) is 0 Å². The van der Waals surface area contributed by atoms with Gasteiger partial charge in [0, 0.05) is 45.5 Å². The van der Waals surface area contributed by atoms with Crippen LogP contribution >= 0.6 is 0 Å². The summed E-state index contributed by atoms with van der Waals surface area (Å²) in [7, 11) is 0. The molecule has 0 aliphatic carbocycles. The summed E-state index contributed by atoms with van der Waals surface area (Å²) in [6.45, 7) is 6.69. The smallest absolute Gasteiger partial charge is 0.274 e. The van der Waals surface area contributed by atoms with Crippen molar-refractivity contribution in [2.75, 3.05) is 32.8 Å². The molecule has 3 heterocycles. The molecule has 130 valence electrons. The fraction of sp³-hybridized carbons (Fsp3) is 0.647. The average Bonchev–Trinajstić information content (AvgIpc) is 2.72. The van der Waals surface area contributed by atoms with Crippen molar-refractivity contribution in [1.82, 2.24) is 19.8 Å². The van der Waals surface area contributed by atoms with Gasteiger partial charge in [-0.1, -0.05) is 0 Å². The summed E-state index contributed by atoms with van der Waals surface area (Å²) in [4.78, 5) is 37.5. The molecule has 2 aliphatic heterocycles. The van der Waals surface area contributed by atoms with Crippen molar-refractivity contribution in [1.29, 1.82) is 0 Å². The molecule has 3 rings (SSSR count). The van der Waals surface area contributed by atoms with E-state index in [-0.39, 0.29) is 17.4 Å². The number of rotatable bonds is 2. The summed E-state index contributed by atoms with van der Waals surface area (Å²) in [5.41, 5.74) is 0.782. The molecule has 2 saturated heterocycles. The van der Waals surface area contributed by atoms with E-state index in [1.165, 1.54) is 6.20 Å². The SMILES string of the molecule is CCN1C(=O)CCN(C(=O)c2cnc(C)cn2)CC12CCOCC2. The van der Waals surface area contributed by atoms with Gasteiger partial charge >= 0.3 is 0 Å². The van der Waals surface area contributed by atoms with Crippen molar-refractivity contribution in [2.24, 2.45) is 0 Å². The number of carbonyl (C=O) groups is 2. The number of hydrogen-bond donors (Lipinski definition) is 0. The zero-order chi connectivity index (χ0) is 17.2. The minimum atomic E-state index is -0.325.